The topological polar surface area (TPSA) is 49.8 Å². The van der Waals surface area contributed by atoms with Crippen molar-refractivity contribution in [1.82, 2.24) is 4.90 Å². The van der Waals surface area contributed by atoms with Crippen LogP contribution < -0.4 is 0 Å². The van der Waals surface area contributed by atoms with Crippen molar-refractivity contribution >= 4 is 5.97 Å². The van der Waals surface area contributed by atoms with Crippen molar-refractivity contribution in [2.24, 2.45) is 0 Å². The minimum atomic E-state index is -0.878. The highest BCUT2D eigenvalue weighted by Gasteiger charge is 2.24. The lowest BCUT2D eigenvalue weighted by Crippen LogP contribution is -2.34. The van der Waals surface area contributed by atoms with E-state index < -0.39 is 5.97 Å². The second-order valence-corrected chi connectivity index (χ2v) is 3.11. The predicted molar refractivity (Wildman–Crippen MR) is 48.4 cm³/mol. The maximum absolute atomic E-state index is 10.8. The zero-order valence-corrected chi connectivity index (χ0v) is 7.99. The van der Waals surface area contributed by atoms with Gasteiger partial charge in [0, 0.05) is 13.7 Å². The molecule has 1 N–H and O–H groups in total. The highest BCUT2D eigenvalue weighted by atomic mass is 16.5. The molecular weight excluding hydrogens is 170 g/mol. The quantitative estimate of drug-likeness (QED) is 0.657. The van der Waals surface area contributed by atoms with Gasteiger partial charge < -0.3 is 14.7 Å². The summed E-state index contributed by atoms with van der Waals surface area (Å²) >= 11 is 0. The molecule has 4 nitrogen and oxygen atoms in total. The molecule has 1 aliphatic rings. The van der Waals surface area contributed by atoms with Crippen molar-refractivity contribution in [3.8, 4) is 0 Å². The Balaban J connectivity index is 2.63. The van der Waals surface area contributed by atoms with Gasteiger partial charge in [0.2, 0.25) is 0 Å². The smallest absolute Gasteiger partial charge is 0.351 e. The summed E-state index contributed by atoms with van der Waals surface area (Å²) in [7, 11) is 1.79. The van der Waals surface area contributed by atoms with Crippen molar-refractivity contribution in [2.75, 3.05) is 20.3 Å². The van der Waals surface area contributed by atoms with E-state index in [1.165, 1.54) is 0 Å². The van der Waals surface area contributed by atoms with Crippen molar-refractivity contribution in [2.45, 2.75) is 19.4 Å². The SMILES string of the molecule is CC=C(C(=O)O)N(C)C1CCOC1. The molecule has 1 saturated heterocycles. The first-order chi connectivity index (χ1) is 6.16. The Bertz CT molecular complexity index is 219. The van der Waals surface area contributed by atoms with Gasteiger partial charge in [0.05, 0.1) is 12.6 Å². The Kier molecular flexibility index (Phi) is 3.31. The number of nitrogens with zero attached hydrogens (tertiary/aromatic N) is 1. The summed E-state index contributed by atoms with van der Waals surface area (Å²) in [6.45, 7) is 3.09. The Labute approximate surface area is 77.8 Å². The molecule has 0 radical (unpaired) electrons. The van der Waals surface area contributed by atoms with Gasteiger partial charge in [-0.25, -0.2) is 4.79 Å². The van der Waals surface area contributed by atoms with E-state index in [-0.39, 0.29) is 6.04 Å². The summed E-state index contributed by atoms with van der Waals surface area (Å²) in [6.07, 6.45) is 2.52. The number of aliphatic carboxylic acids is 1. The number of likely N-dealkylation sites (N-methyl/N-ethyl adjacent to an activating group) is 1. The molecule has 1 atom stereocenters. The van der Waals surface area contributed by atoms with Crippen LogP contribution in [0.4, 0.5) is 0 Å². The average Bonchev–Trinajstić information content (AvgIpc) is 2.56. The van der Waals surface area contributed by atoms with Crippen LogP contribution in [-0.4, -0.2) is 42.3 Å². The largest absolute Gasteiger partial charge is 0.477 e. The van der Waals surface area contributed by atoms with Crippen LogP contribution >= 0.6 is 0 Å². The van der Waals surface area contributed by atoms with E-state index in [0.717, 1.165) is 13.0 Å². The van der Waals surface area contributed by atoms with Gasteiger partial charge in [-0.05, 0) is 13.3 Å². The summed E-state index contributed by atoms with van der Waals surface area (Å²) in [5, 5.41) is 8.85. The second kappa shape index (κ2) is 4.28. The molecule has 0 aromatic rings. The van der Waals surface area contributed by atoms with Crippen LogP contribution in [0.25, 0.3) is 0 Å². The molecule has 0 saturated carbocycles. The highest BCUT2D eigenvalue weighted by Crippen LogP contribution is 2.15. The first-order valence-corrected chi connectivity index (χ1v) is 4.37. The summed E-state index contributed by atoms with van der Waals surface area (Å²) in [6, 6.07) is 0.210. The molecule has 0 aromatic heterocycles. The number of ether oxygens (including phenoxy) is 1. The molecule has 0 bridgehead atoms. The zero-order valence-electron chi connectivity index (χ0n) is 7.99. The Hall–Kier alpha value is -1.03. The molecule has 0 aliphatic carbocycles. The predicted octanol–water partition coefficient (Wildman–Crippen LogP) is 0.696. The van der Waals surface area contributed by atoms with E-state index in [9.17, 15) is 4.79 Å². The standard InChI is InChI=1S/C9H15NO3/c1-3-8(9(11)12)10(2)7-4-5-13-6-7/h3,7H,4-6H2,1-2H3,(H,11,12). The molecule has 1 rings (SSSR count). The lowest BCUT2D eigenvalue weighted by Gasteiger charge is -2.25. The number of carbonyl (C=O) groups is 1. The fourth-order valence-electron chi connectivity index (χ4n) is 1.50. The lowest BCUT2D eigenvalue weighted by atomic mass is 10.2. The van der Waals surface area contributed by atoms with Crippen LogP contribution in [0.1, 0.15) is 13.3 Å². The summed E-state index contributed by atoms with van der Waals surface area (Å²) in [5.41, 5.74) is 0.343. The average molecular weight is 185 g/mol. The number of hydrogen-bond donors (Lipinski definition) is 1. The van der Waals surface area contributed by atoms with Crippen LogP contribution in [0.2, 0.25) is 0 Å². The number of rotatable bonds is 3. The van der Waals surface area contributed by atoms with Gasteiger partial charge in [0.25, 0.3) is 0 Å². The molecule has 4 heteroatoms. The molecule has 13 heavy (non-hydrogen) atoms. The molecule has 0 amide bonds. The van der Waals surface area contributed by atoms with Gasteiger partial charge in [-0.1, -0.05) is 6.08 Å². The summed E-state index contributed by atoms with van der Waals surface area (Å²) in [5.74, 6) is -0.878. The monoisotopic (exact) mass is 185 g/mol. The van der Waals surface area contributed by atoms with E-state index in [2.05, 4.69) is 0 Å². The van der Waals surface area contributed by atoms with Crippen LogP contribution in [0.15, 0.2) is 11.8 Å². The van der Waals surface area contributed by atoms with E-state index >= 15 is 0 Å². The van der Waals surface area contributed by atoms with Crippen molar-refractivity contribution < 1.29 is 14.6 Å². The van der Waals surface area contributed by atoms with Gasteiger partial charge in [0.15, 0.2) is 0 Å². The number of carboxylic acids is 1. The zero-order chi connectivity index (χ0) is 9.84. The van der Waals surface area contributed by atoms with E-state index in [4.69, 9.17) is 9.84 Å². The van der Waals surface area contributed by atoms with E-state index in [1.54, 1.807) is 24.9 Å². The van der Waals surface area contributed by atoms with Gasteiger partial charge >= 0.3 is 5.97 Å². The normalized spacial score (nSPS) is 23.2. The minimum absolute atomic E-state index is 0.210. The fourth-order valence-corrected chi connectivity index (χ4v) is 1.50. The lowest BCUT2D eigenvalue weighted by molar-refractivity contribution is -0.134. The van der Waals surface area contributed by atoms with Crippen LogP contribution in [0.5, 0.6) is 0 Å². The molecule has 1 heterocycles. The van der Waals surface area contributed by atoms with Crippen LogP contribution in [0, 0.1) is 0 Å². The van der Waals surface area contributed by atoms with Gasteiger partial charge in [-0.15, -0.1) is 0 Å². The molecule has 1 unspecified atom stereocenters. The first-order valence-electron chi connectivity index (χ1n) is 4.37. The third-order valence-electron chi connectivity index (χ3n) is 2.33. The van der Waals surface area contributed by atoms with Gasteiger partial charge in [-0.2, -0.15) is 0 Å². The molecule has 0 aromatic carbocycles. The van der Waals surface area contributed by atoms with Crippen LogP contribution in [0.3, 0.4) is 0 Å². The van der Waals surface area contributed by atoms with Gasteiger partial charge in [-0.3, -0.25) is 0 Å². The molecular formula is C9H15NO3. The Morgan fingerprint density at radius 1 is 1.69 bits per heavy atom. The highest BCUT2D eigenvalue weighted by molar-refractivity contribution is 5.85. The summed E-state index contributed by atoms with van der Waals surface area (Å²) < 4.78 is 5.19. The van der Waals surface area contributed by atoms with Gasteiger partial charge in [0.1, 0.15) is 5.70 Å². The van der Waals surface area contributed by atoms with Crippen molar-refractivity contribution in [1.29, 1.82) is 0 Å². The minimum Gasteiger partial charge on any atom is -0.477 e. The molecule has 74 valence electrons. The number of hydrogen-bond acceptors (Lipinski definition) is 3. The molecule has 0 spiro atoms. The van der Waals surface area contributed by atoms with Crippen molar-refractivity contribution in [3.63, 3.8) is 0 Å². The van der Waals surface area contributed by atoms with E-state index in [1.807, 2.05) is 0 Å². The fraction of sp³-hybridized carbons (Fsp3) is 0.667. The second-order valence-electron chi connectivity index (χ2n) is 3.11. The maximum atomic E-state index is 10.8. The summed E-state index contributed by atoms with van der Waals surface area (Å²) in [4.78, 5) is 12.6. The van der Waals surface area contributed by atoms with E-state index in [0.29, 0.717) is 12.3 Å². The Morgan fingerprint density at radius 2 is 2.38 bits per heavy atom. The molecule has 1 aliphatic heterocycles. The first kappa shape index (κ1) is 10.1. The number of carboxylic acid groups (broad SMARTS) is 1. The molecule has 1 fully saturated rings. The van der Waals surface area contributed by atoms with Crippen molar-refractivity contribution in [3.05, 3.63) is 11.8 Å². The third-order valence-corrected chi connectivity index (χ3v) is 2.33. The number of allylic oxidation sites excluding steroid dienone is 1. The third kappa shape index (κ3) is 2.21. The Morgan fingerprint density at radius 3 is 2.77 bits per heavy atom. The maximum Gasteiger partial charge on any atom is 0.351 e. The van der Waals surface area contributed by atoms with Crippen LogP contribution in [-0.2, 0) is 9.53 Å².